The van der Waals surface area contributed by atoms with E-state index in [1.165, 1.54) is 10.2 Å². The standard InChI is InChI=1S/C10H9ClN2S/c11-4-1-5-12-8-2-3-9-10(6-8)14-7-13-9/h1-4,6-7,12H,5H2/b4-1+. The van der Waals surface area contributed by atoms with Crippen molar-refractivity contribution in [3.05, 3.63) is 35.3 Å². The van der Waals surface area contributed by atoms with Gasteiger partial charge in [0.1, 0.15) is 0 Å². The smallest absolute Gasteiger partial charge is 0.0813 e. The lowest BCUT2D eigenvalue weighted by atomic mass is 10.3. The van der Waals surface area contributed by atoms with Gasteiger partial charge in [0.25, 0.3) is 0 Å². The highest BCUT2D eigenvalue weighted by Gasteiger charge is 1.96. The summed E-state index contributed by atoms with van der Waals surface area (Å²) < 4.78 is 1.20. The lowest BCUT2D eigenvalue weighted by molar-refractivity contribution is 1.34. The molecule has 0 aliphatic rings. The van der Waals surface area contributed by atoms with Crippen LogP contribution >= 0.6 is 22.9 Å². The van der Waals surface area contributed by atoms with Gasteiger partial charge in [-0.15, -0.1) is 11.3 Å². The number of rotatable bonds is 3. The lowest BCUT2D eigenvalue weighted by Crippen LogP contribution is -1.96. The minimum absolute atomic E-state index is 0.744. The maximum absolute atomic E-state index is 5.42. The molecule has 14 heavy (non-hydrogen) atoms. The second-order valence-corrected chi connectivity index (χ2v) is 3.92. The Morgan fingerprint density at radius 3 is 3.29 bits per heavy atom. The topological polar surface area (TPSA) is 24.9 Å². The summed E-state index contributed by atoms with van der Waals surface area (Å²) in [6.45, 7) is 0.744. The first-order chi connectivity index (χ1) is 6.90. The van der Waals surface area contributed by atoms with E-state index >= 15 is 0 Å². The molecule has 1 aromatic heterocycles. The van der Waals surface area contributed by atoms with E-state index in [0.717, 1.165) is 17.7 Å². The molecule has 0 saturated heterocycles. The Bertz CT molecular complexity index is 450. The van der Waals surface area contributed by atoms with Crippen LogP contribution in [0.2, 0.25) is 0 Å². The van der Waals surface area contributed by atoms with Crippen LogP contribution in [-0.2, 0) is 0 Å². The van der Waals surface area contributed by atoms with E-state index in [1.54, 1.807) is 11.3 Å². The summed E-state index contributed by atoms with van der Waals surface area (Å²) in [4.78, 5) is 4.21. The molecule has 0 fully saturated rings. The van der Waals surface area contributed by atoms with Crippen molar-refractivity contribution in [1.82, 2.24) is 4.98 Å². The Hall–Kier alpha value is -1.06. The van der Waals surface area contributed by atoms with E-state index in [9.17, 15) is 0 Å². The molecule has 72 valence electrons. The molecule has 0 saturated carbocycles. The van der Waals surface area contributed by atoms with Crippen LogP contribution < -0.4 is 5.32 Å². The summed E-state index contributed by atoms with van der Waals surface area (Å²) in [6, 6.07) is 6.12. The largest absolute Gasteiger partial charge is 0.381 e. The molecule has 0 radical (unpaired) electrons. The Balaban J connectivity index is 2.17. The van der Waals surface area contributed by atoms with E-state index in [0.29, 0.717) is 0 Å². The Morgan fingerprint density at radius 1 is 1.50 bits per heavy atom. The molecule has 1 aromatic carbocycles. The normalized spacial score (nSPS) is 11.2. The molecule has 4 heteroatoms. The average molecular weight is 225 g/mol. The summed E-state index contributed by atoms with van der Waals surface area (Å²) in [5, 5.41) is 3.24. The number of anilines is 1. The molecule has 0 bridgehead atoms. The number of hydrogen-bond acceptors (Lipinski definition) is 3. The van der Waals surface area contributed by atoms with Gasteiger partial charge >= 0.3 is 0 Å². The van der Waals surface area contributed by atoms with E-state index in [-0.39, 0.29) is 0 Å². The summed E-state index contributed by atoms with van der Waals surface area (Å²) >= 11 is 7.06. The number of hydrogen-bond donors (Lipinski definition) is 1. The molecule has 0 spiro atoms. The predicted octanol–water partition coefficient (Wildman–Crippen LogP) is 3.46. The molecule has 2 aromatic rings. The van der Waals surface area contributed by atoms with E-state index in [4.69, 9.17) is 11.6 Å². The fourth-order valence-corrected chi connectivity index (χ4v) is 1.99. The highest BCUT2D eigenvalue weighted by molar-refractivity contribution is 7.16. The van der Waals surface area contributed by atoms with Crippen LogP contribution in [0.25, 0.3) is 10.2 Å². The van der Waals surface area contributed by atoms with Gasteiger partial charge in [-0.25, -0.2) is 4.98 Å². The van der Waals surface area contributed by atoms with Crippen LogP contribution in [0, 0.1) is 0 Å². The second-order valence-electron chi connectivity index (χ2n) is 2.78. The van der Waals surface area contributed by atoms with Gasteiger partial charge in [0.2, 0.25) is 0 Å². The highest BCUT2D eigenvalue weighted by atomic mass is 35.5. The molecule has 1 N–H and O–H groups in total. The molecule has 0 amide bonds. The zero-order chi connectivity index (χ0) is 9.80. The van der Waals surface area contributed by atoms with Crippen LogP contribution in [-0.4, -0.2) is 11.5 Å². The van der Waals surface area contributed by atoms with Gasteiger partial charge in [0.15, 0.2) is 0 Å². The lowest BCUT2D eigenvalue weighted by Gasteiger charge is -2.01. The van der Waals surface area contributed by atoms with Crippen molar-refractivity contribution >= 4 is 38.8 Å². The summed E-state index contributed by atoms with van der Waals surface area (Å²) in [7, 11) is 0. The van der Waals surface area contributed by atoms with Gasteiger partial charge in [0, 0.05) is 17.8 Å². The first kappa shape index (κ1) is 9.49. The molecule has 1 heterocycles. The van der Waals surface area contributed by atoms with Gasteiger partial charge in [-0.3, -0.25) is 0 Å². The van der Waals surface area contributed by atoms with Crippen LogP contribution in [0.5, 0.6) is 0 Å². The number of thiazole rings is 1. The molecule has 2 rings (SSSR count). The molecule has 0 unspecified atom stereocenters. The average Bonchev–Trinajstić information content (AvgIpc) is 2.65. The molecular weight excluding hydrogens is 216 g/mol. The van der Waals surface area contributed by atoms with Crippen molar-refractivity contribution in [2.24, 2.45) is 0 Å². The van der Waals surface area contributed by atoms with Crippen molar-refractivity contribution in [2.75, 3.05) is 11.9 Å². The minimum atomic E-state index is 0.744. The van der Waals surface area contributed by atoms with Crippen LogP contribution in [0.3, 0.4) is 0 Å². The number of nitrogens with zero attached hydrogens (tertiary/aromatic N) is 1. The van der Waals surface area contributed by atoms with Gasteiger partial charge in [0.05, 0.1) is 15.7 Å². The number of nitrogens with one attached hydrogen (secondary N) is 1. The third kappa shape index (κ3) is 2.05. The Labute approximate surface area is 91.2 Å². The second kappa shape index (κ2) is 4.44. The van der Waals surface area contributed by atoms with Crippen LogP contribution in [0.1, 0.15) is 0 Å². The van der Waals surface area contributed by atoms with E-state index < -0.39 is 0 Å². The van der Waals surface area contributed by atoms with Crippen molar-refractivity contribution in [3.8, 4) is 0 Å². The zero-order valence-corrected chi connectivity index (χ0v) is 8.98. The highest BCUT2D eigenvalue weighted by Crippen LogP contribution is 2.21. The third-order valence-electron chi connectivity index (χ3n) is 1.84. The molecule has 0 aliphatic carbocycles. The van der Waals surface area contributed by atoms with Crippen molar-refractivity contribution in [3.63, 3.8) is 0 Å². The summed E-state index contributed by atoms with van der Waals surface area (Å²) in [6.07, 6.45) is 1.86. The Kier molecular flexibility index (Phi) is 3.01. The summed E-state index contributed by atoms with van der Waals surface area (Å²) in [5.41, 5.74) is 5.51. The van der Waals surface area contributed by atoms with Crippen molar-refractivity contribution in [2.45, 2.75) is 0 Å². The SMILES string of the molecule is Cl/C=C/CNc1ccc2ncsc2c1. The number of halogens is 1. The number of fused-ring (bicyclic) bond motifs is 1. The van der Waals surface area contributed by atoms with E-state index in [2.05, 4.69) is 16.4 Å². The fourth-order valence-electron chi connectivity index (χ4n) is 1.19. The maximum atomic E-state index is 5.42. The molecule has 0 atom stereocenters. The van der Waals surface area contributed by atoms with Crippen LogP contribution in [0.4, 0.5) is 5.69 Å². The molecular formula is C10H9ClN2S. The fraction of sp³-hybridized carbons (Fsp3) is 0.100. The number of aromatic nitrogens is 1. The van der Waals surface area contributed by atoms with Gasteiger partial charge in [-0.05, 0) is 18.2 Å². The third-order valence-corrected chi connectivity index (χ3v) is 2.81. The number of benzene rings is 1. The van der Waals surface area contributed by atoms with E-state index in [1.807, 2.05) is 23.7 Å². The van der Waals surface area contributed by atoms with Crippen molar-refractivity contribution in [1.29, 1.82) is 0 Å². The summed E-state index contributed by atoms with van der Waals surface area (Å²) in [5.74, 6) is 0. The van der Waals surface area contributed by atoms with Gasteiger partial charge in [-0.1, -0.05) is 17.7 Å². The van der Waals surface area contributed by atoms with Gasteiger partial charge < -0.3 is 5.32 Å². The van der Waals surface area contributed by atoms with Crippen molar-refractivity contribution < 1.29 is 0 Å². The van der Waals surface area contributed by atoms with Gasteiger partial charge in [-0.2, -0.15) is 0 Å². The maximum Gasteiger partial charge on any atom is 0.0813 e. The first-order valence-corrected chi connectivity index (χ1v) is 5.54. The quantitative estimate of drug-likeness (QED) is 0.864. The Morgan fingerprint density at radius 2 is 2.43 bits per heavy atom. The zero-order valence-electron chi connectivity index (χ0n) is 7.40. The minimum Gasteiger partial charge on any atom is -0.381 e. The monoisotopic (exact) mass is 224 g/mol. The molecule has 0 aliphatic heterocycles. The van der Waals surface area contributed by atoms with Crippen LogP contribution in [0.15, 0.2) is 35.3 Å². The first-order valence-electron chi connectivity index (χ1n) is 4.22. The molecule has 2 nitrogen and oxygen atoms in total. The predicted molar refractivity (Wildman–Crippen MR) is 63.1 cm³/mol.